The minimum Gasteiger partial charge on any atom is -0.481 e. The van der Waals surface area contributed by atoms with Crippen LogP contribution >= 0.6 is 0 Å². The van der Waals surface area contributed by atoms with Gasteiger partial charge in [0, 0.05) is 6.42 Å². The molecule has 0 saturated heterocycles. The van der Waals surface area contributed by atoms with Crippen molar-refractivity contribution in [2.75, 3.05) is 13.1 Å². The molecule has 4 atom stereocenters. The fourth-order valence-electron chi connectivity index (χ4n) is 2.47. The zero-order valence-corrected chi connectivity index (χ0v) is 16.8. The summed E-state index contributed by atoms with van der Waals surface area (Å²) in [7, 11) is 0. The Labute approximate surface area is 173 Å². The van der Waals surface area contributed by atoms with Crippen LogP contribution in [0.2, 0.25) is 0 Å². The van der Waals surface area contributed by atoms with Gasteiger partial charge in [-0.3, -0.25) is 19.2 Å². The number of amides is 3. The molecule has 13 nitrogen and oxygen atoms in total. The number of nitrogens with two attached hydrogens (primary N) is 2. The molecule has 0 saturated carbocycles. The van der Waals surface area contributed by atoms with Crippen molar-refractivity contribution in [3.8, 4) is 0 Å². The summed E-state index contributed by atoms with van der Waals surface area (Å²) < 4.78 is 0. The van der Waals surface area contributed by atoms with Crippen LogP contribution in [-0.2, 0) is 24.0 Å². The van der Waals surface area contributed by atoms with Gasteiger partial charge in [0.2, 0.25) is 17.7 Å². The molecule has 0 radical (unpaired) electrons. The maximum Gasteiger partial charge on any atom is 0.328 e. The van der Waals surface area contributed by atoms with Gasteiger partial charge in [-0.1, -0.05) is 0 Å². The summed E-state index contributed by atoms with van der Waals surface area (Å²) in [5, 5.41) is 34.3. The number of unbranched alkanes of at least 4 members (excludes halogenated alkanes) is 1. The first kappa shape index (κ1) is 27.2. The van der Waals surface area contributed by atoms with E-state index in [1.54, 1.807) is 0 Å². The maximum absolute atomic E-state index is 12.6. The minimum atomic E-state index is -1.65. The highest BCUT2D eigenvalue weighted by Gasteiger charge is 2.31. The smallest absolute Gasteiger partial charge is 0.328 e. The van der Waals surface area contributed by atoms with Gasteiger partial charge in [0.1, 0.15) is 12.1 Å². The molecular weight excluding hydrogens is 402 g/mol. The highest BCUT2D eigenvalue weighted by Crippen LogP contribution is 2.05. The van der Waals surface area contributed by atoms with Crippen molar-refractivity contribution < 1.29 is 39.3 Å². The fraction of sp³-hybridized carbons (Fsp3) is 0.706. The van der Waals surface area contributed by atoms with Crippen molar-refractivity contribution in [3.05, 3.63) is 0 Å². The predicted molar refractivity (Wildman–Crippen MR) is 104 cm³/mol. The molecule has 0 rings (SSSR count). The van der Waals surface area contributed by atoms with E-state index in [-0.39, 0.29) is 19.4 Å². The SMILES string of the molecule is CC(O)C(NC(=O)C(CCC(=O)O)NC(=O)C(CCCCN)NC(=O)CN)C(=O)O. The van der Waals surface area contributed by atoms with E-state index in [4.69, 9.17) is 21.7 Å². The third-order valence-electron chi connectivity index (χ3n) is 4.11. The number of aliphatic hydroxyl groups excluding tert-OH is 1. The van der Waals surface area contributed by atoms with E-state index < -0.39 is 60.3 Å². The molecule has 10 N–H and O–H groups in total. The van der Waals surface area contributed by atoms with E-state index in [1.807, 2.05) is 0 Å². The average molecular weight is 433 g/mol. The quantitative estimate of drug-likeness (QED) is 0.121. The Morgan fingerprint density at radius 2 is 1.43 bits per heavy atom. The normalized spacial score (nSPS) is 14.7. The number of hydrogen-bond donors (Lipinski definition) is 8. The molecule has 13 heteroatoms. The molecule has 30 heavy (non-hydrogen) atoms. The van der Waals surface area contributed by atoms with Gasteiger partial charge in [-0.25, -0.2) is 4.79 Å². The third-order valence-corrected chi connectivity index (χ3v) is 4.11. The highest BCUT2D eigenvalue weighted by atomic mass is 16.4. The van der Waals surface area contributed by atoms with Crippen LogP contribution in [0.15, 0.2) is 0 Å². The van der Waals surface area contributed by atoms with Gasteiger partial charge < -0.3 is 42.7 Å². The molecule has 4 unspecified atom stereocenters. The van der Waals surface area contributed by atoms with Crippen molar-refractivity contribution >= 4 is 29.7 Å². The third kappa shape index (κ3) is 10.7. The molecule has 0 aromatic heterocycles. The Morgan fingerprint density at radius 1 is 0.867 bits per heavy atom. The van der Waals surface area contributed by atoms with Crippen LogP contribution in [0.25, 0.3) is 0 Å². The molecule has 0 aliphatic carbocycles. The molecular formula is C17H31N5O8. The number of rotatable bonds is 15. The van der Waals surface area contributed by atoms with Crippen molar-refractivity contribution in [3.63, 3.8) is 0 Å². The van der Waals surface area contributed by atoms with E-state index in [0.717, 1.165) is 6.92 Å². The molecule has 0 spiro atoms. The lowest BCUT2D eigenvalue weighted by Gasteiger charge is -2.25. The number of carboxylic acid groups (broad SMARTS) is 2. The first-order valence-electron chi connectivity index (χ1n) is 9.46. The van der Waals surface area contributed by atoms with Gasteiger partial charge in [-0.2, -0.15) is 0 Å². The van der Waals surface area contributed by atoms with E-state index >= 15 is 0 Å². The van der Waals surface area contributed by atoms with Gasteiger partial charge in [-0.15, -0.1) is 0 Å². The Bertz CT molecular complexity index is 613. The zero-order chi connectivity index (χ0) is 23.3. The number of carbonyl (C=O) groups is 5. The molecule has 0 fully saturated rings. The topological polar surface area (TPSA) is 234 Å². The molecule has 0 heterocycles. The van der Waals surface area contributed by atoms with Gasteiger partial charge in [0.25, 0.3) is 0 Å². The molecule has 3 amide bonds. The molecule has 0 aromatic carbocycles. The molecule has 172 valence electrons. The van der Waals surface area contributed by atoms with Crippen molar-refractivity contribution in [2.24, 2.45) is 11.5 Å². The van der Waals surface area contributed by atoms with Gasteiger partial charge >= 0.3 is 11.9 Å². The van der Waals surface area contributed by atoms with E-state index in [1.165, 1.54) is 0 Å². The molecule has 0 aliphatic rings. The molecule has 0 aliphatic heterocycles. The van der Waals surface area contributed by atoms with Crippen LogP contribution in [0.1, 0.15) is 39.0 Å². The summed E-state index contributed by atoms with van der Waals surface area (Å²) >= 11 is 0. The number of nitrogens with one attached hydrogen (secondary N) is 3. The zero-order valence-electron chi connectivity index (χ0n) is 16.8. The van der Waals surface area contributed by atoms with Crippen LogP contribution in [0.3, 0.4) is 0 Å². The second-order valence-corrected chi connectivity index (χ2v) is 6.67. The Kier molecular flexibility index (Phi) is 12.9. The van der Waals surface area contributed by atoms with Gasteiger partial charge in [-0.05, 0) is 39.2 Å². The summed E-state index contributed by atoms with van der Waals surface area (Å²) in [6.45, 7) is 1.16. The summed E-state index contributed by atoms with van der Waals surface area (Å²) in [5.41, 5.74) is 10.7. The summed E-state index contributed by atoms with van der Waals surface area (Å²) in [5.74, 6) is -5.08. The second kappa shape index (κ2) is 14.3. The number of carbonyl (C=O) groups excluding carboxylic acids is 3. The Morgan fingerprint density at radius 3 is 1.90 bits per heavy atom. The lowest BCUT2D eigenvalue weighted by molar-refractivity contribution is -0.145. The van der Waals surface area contributed by atoms with Gasteiger partial charge in [0.15, 0.2) is 6.04 Å². The minimum absolute atomic E-state index is 0.202. The lowest BCUT2D eigenvalue weighted by Crippen LogP contribution is -2.57. The predicted octanol–water partition coefficient (Wildman–Crippen LogP) is -3.14. The standard InChI is InChI=1S/C17H31N5O8/c1-9(23)14(17(29)30)22-16(28)11(5-6-13(25)26)21-15(27)10(4-2-3-7-18)20-12(24)8-19/h9-11,14,23H,2-8,18-19H2,1H3,(H,20,24)(H,21,27)(H,22,28)(H,25,26)(H,29,30). The lowest BCUT2D eigenvalue weighted by atomic mass is 10.1. The van der Waals surface area contributed by atoms with E-state index in [9.17, 15) is 29.1 Å². The fourth-order valence-corrected chi connectivity index (χ4v) is 2.47. The van der Waals surface area contributed by atoms with Gasteiger partial charge in [0.05, 0.1) is 12.6 Å². The maximum atomic E-state index is 12.6. The number of aliphatic hydroxyl groups is 1. The second-order valence-electron chi connectivity index (χ2n) is 6.67. The highest BCUT2D eigenvalue weighted by molar-refractivity contribution is 5.93. The van der Waals surface area contributed by atoms with E-state index in [0.29, 0.717) is 19.4 Å². The molecule has 0 bridgehead atoms. The van der Waals surface area contributed by atoms with Crippen LogP contribution in [0.4, 0.5) is 0 Å². The average Bonchev–Trinajstić information content (AvgIpc) is 2.67. The monoisotopic (exact) mass is 433 g/mol. The van der Waals surface area contributed by atoms with Crippen LogP contribution in [-0.4, -0.2) is 82.3 Å². The van der Waals surface area contributed by atoms with Crippen LogP contribution < -0.4 is 27.4 Å². The summed E-state index contributed by atoms with van der Waals surface area (Å²) in [6, 6.07) is -4.10. The molecule has 0 aromatic rings. The number of carboxylic acids is 2. The Balaban J connectivity index is 5.38. The van der Waals surface area contributed by atoms with E-state index in [2.05, 4.69) is 16.0 Å². The number of hydrogen-bond acceptors (Lipinski definition) is 8. The number of aliphatic carboxylic acids is 2. The Hall–Kier alpha value is -2.77. The summed E-state index contributed by atoms with van der Waals surface area (Å²) in [4.78, 5) is 58.7. The van der Waals surface area contributed by atoms with Crippen LogP contribution in [0.5, 0.6) is 0 Å². The summed E-state index contributed by atoms with van der Waals surface area (Å²) in [6.07, 6.45) is -0.978. The van der Waals surface area contributed by atoms with Crippen molar-refractivity contribution in [1.82, 2.24) is 16.0 Å². The first-order valence-corrected chi connectivity index (χ1v) is 9.46. The van der Waals surface area contributed by atoms with Crippen LogP contribution in [0, 0.1) is 0 Å². The van der Waals surface area contributed by atoms with Crippen molar-refractivity contribution in [1.29, 1.82) is 0 Å². The van der Waals surface area contributed by atoms with Crippen molar-refractivity contribution in [2.45, 2.75) is 63.3 Å². The largest absolute Gasteiger partial charge is 0.481 e. The first-order chi connectivity index (χ1) is 14.0.